The molecule has 1 N–H and O–H groups in total. The van der Waals surface area contributed by atoms with Crippen LogP contribution in [-0.2, 0) is 0 Å². The van der Waals surface area contributed by atoms with E-state index < -0.39 is 0 Å². The van der Waals surface area contributed by atoms with Crippen molar-refractivity contribution in [1.29, 1.82) is 0 Å². The van der Waals surface area contributed by atoms with E-state index >= 15 is 0 Å². The summed E-state index contributed by atoms with van der Waals surface area (Å²) in [4.78, 5) is 0. The van der Waals surface area contributed by atoms with Gasteiger partial charge in [-0.1, -0.05) is 62.9 Å². The van der Waals surface area contributed by atoms with Crippen molar-refractivity contribution in [2.75, 3.05) is 0 Å². The lowest BCUT2D eigenvalue weighted by atomic mass is 9.73. The second-order valence-electron chi connectivity index (χ2n) is 6.58. The van der Waals surface area contributed by atoms with Crippen molar-refractivity contribution in [3.63, 3.8) is 0 Å². The van der Waals surface area contributed by atoms with Gasteiger partial charge in [0, 0.05) is 22.1 Å². The summed E-state index contributed by atoms with van der Waals surface area (Å²) in [5.74, 6) is 0. The first-order valence-electron chi connectivity index (χ1n) is 7.65. The average molecular weight is 314 g/mol. The van der Waals surface area contributed by atoms with E-state index in [2.05, 4.69) is 32.2 Å². The zero-order chi connectivity index (χ0) is 14.8. The van der Waals surface area contributed by atoms with Gasteiger partial charge in [0.2, 0.25) is 0 Å². The van der Waals surface area contributed by atoms with Gasteiger partial charge < -0.3 is 5.32 Å². The smallest absolute Gasteiger partial charge is 0.0468 e. The zero-order valence-electron chi connectivity index (χ0n) is 12.7. The van der Waals surface area contributed by atoms with Crippen molar-refractivity contribution < 1.29 is 0 Å². The Bertz CT molecular complexity index is 456. The minimum Gasteiger partial charge on any atom is -0.307 e. The summed E-state index contributed by atoms with van der Waals surface area (Å²) in [6, 6.07) is 6.70. The molecule has 1 fully saturated rings. The molecule has 2 atom stereocenters. The summed E-state index contributed by atoms with van der Waals surface area (Å²) in [5.41, 5.74) is 1.53. The second-order valence-corrected chi connectivity index (χ2v) is 7.42. The van der Waals surface area contributed by atoms with Crippen LogP contribution in [0.15, 0.2) is 18.2 Å². The van der Waals surface area contributed by atoms with Crippen LogP contribution in [0.1, 0.15) is 64.5 Å². The third kappa shape index (κ3) is 3.69. The van der Waals surface area contributed by atoms with E-state index in [1.807, 2.05) is 12.1 Å². The molecule has 1 aromatic carbocycles. The van der Waals surface area contributed by atoms with Crippen molar-refractivity contribution in [3.8, 4) is 0 Å². The van der Waals surface area contributed by atoms with Crippen molar-refractivity contribution in [1.82, 2.24) is 5.32 Å². The molecule has 1 aliphatic carbocycles. The Kier molecular flexibility index (Phi) is 5.39. The Hall–Kier alpha value is -0.240. The number of hydrogen-bond acceptors (Lipinski definition) is 1. The molecule has 0 radical (unpaired) electrons. The van der Waals surface area contributed by atoms with Gasteiger partial charge in [-0.25, -0.2) is 0 Å². The summed E-state index contributed by atoms with van der Waals surface area (Å²) in [6.07, 6.45) is 6.27. The average Bonchev–Trinajstić information content (AvgIpc) is 2.38. The Morgan fingerprint density at radius 3 is 2.65 bits per heavy atom. The first-order valence-corrected chi connectivity index (χ1v) is 8.40. The summed E-state index contributed by atoms with van der Waals surface area (Å²) in [7, 11) is 0. The molecule has 1 aromatic rings. The van der Waals surface area contributed by atoms with Crippen LogP contribution in [-0.4, -0.2) is 6.04 Å². The van der Waals surface area contributed by atoms with E-state index in [1.54, 1.807) is 0 Å². The molecule has 1 aliphatic rings. The normalized spacial score (nSPS) is 23.6. The molecule has 1 nitrogen and oxygen atoms in total. The van der Waals surface area contributed by atoms with E-state index in [0.717, 1.165) is 11.4 Å². The van der Waals surface area contributed by atoms with Gasteiger partial charge in [0.25, 0.3) is 0 Å². The van der Waals surface area contributed by atoms with Crippen molar-refractivity contribution in [2.45, 2.75) is 65.0 Å². The maximum atomic E-state index is 6.37. The summed E-state index contributed by atoms with van der Waals surface area (Å²) in [6.45, 7) is 6.96. The minimum absolute atomic E-state index is 0.308. The van der Waals surface area contributed by atoms with E-state index in [9.17, 15) is 0 Å². The lowest BCUT2D eigenvalue weighted by Gasteiger charge is -2.41. The molecule has 20 heavy (non-hydrogen) atoms. The predicted octanol–water partition coefficient (Wildman–Crippen LogP) is 6.00. The van der Waals surface area contributed by atoms with E-state index in [1.165, 1.54) is 31.2 Å². The largest absolute Gasteiger partial charge is 0.307 e. The lowest BCUT2D eigenvalue weighted by Crippen LogP contribution is -2.45. The highest BCUT2D eigenvalue weighted by molar-refractivity contribution is 6.35. The molecule has 0 spiro atoms. The number of hydrogen-bond donors (Lipinski definition) is 1. The maximum absolute atomic E-state index is 6.37. The van der Waals surface area contributed by atoms with Crippen LogP contribution in [0.3, 0.4) is 0 Å². The highest BCUT2D eigenvalue weighted by Crippen LogP contribution is 2.38. The standard InChI is InChI=1S/C17H25Cl2N/c1-4-15(13-9-8-12(18)11-14(13)19)20-16-7-5-6-10-17(16,2)3/h8-9,11,15-16,20H,4-7,10H2,1-3H3. The van der Waals surface area contributed by atoms with E-state index in [4.69, 9.17) is 23.2 Å². The van der Waals surface area contributed by atoms with Gasteiger partial charge in [-0.2, -0.15) is 0 Å². The molecule has 0 aromatic heterocycles. The Morgan fingerprint density at radius 1 is 1.30 bits per heavy atom. The highest BCUT2D eigenvalue weighted by atomic mass is 35.5. The van der Waals surface area contributed by atoms with Crippen molar-refractivity contribution >= 4 is 23.2 Å². The molecule has 0 amide bonds. The van der Waals surface area contributed by atoms with Gasteiger partial charge in [-0.15, -0.1) is 0 Å². The van der Waals surface area contributed by atoms with Crippen LogP contribution >= 0.6 is 23.2 Å². The molecule has 0 bridgehead atoms. The topological polar surface area (TPSA) is 12.0 Å². The maximum Gasteiger partial charge on any atom is 0.0468 e. The summed E-state index contributed by atoms with van der Waals surface area (Å²) in [5, 5.41) is 5.31. The molecule has 1 saturated carbocycles. The van der Waals surface area contributed by atoms with Crippen LogP contribution in [0.2, 0.25) is 10.0 Å². The molecule has 0 aliphatic heterocycles. The zero-order valence-corrected chi connectivity index (χ0v) is 14.2. The molecule has 2 unspecified atom stereocenters. The Balaban J connectivity index is 2.16. The van der Waals surface area contributed by atoms with Crippen LogP contribution < -0.4 is 5.32 Å². The summed E-state index contributed by atoms with van der Waals surface area (Å²) < 4.78 is 0. The molecular weight excluding hydrogens is 289 g/mol. The Labute approximate surface area is 133 Å². The van der Waals surface area contributed by atoms with Crippen LogP contribution in [0.4, 0.5) is 0 Å². The number of halogens is 2. The fraction of sp³-hybridized carbons (Fsp3) is 0.647. The fourth-order valence-electron chi connectivity index (χ4n) is 3.26. The van der Waals surface area contributed by atoms with Crippen molar-refractivity contribution in [2.24, 2.45) is 5.41 Å². The quantitative estimate of drug-likeness (QED) is 0.718. The van der Waals surface area contributed by atoms with Crippen LogP contribution in [0.25, 0.3) is 0 Å². The Morgan fingerprint density at radius 2 is 2.05 bits per heavy atom. The molecule has 0 saturated heterocycles. The van der Waals surface area contributed by atoms with E-state index in [-0.39, 0.29) is 0 Å². The molecule has 3 heteroatoms. The SMILES string of the molecule is CCC(NC1CCCCC1(C)C)c1ccc(Cl)cc1Cl. The van der Waals surface area contributed by atoms with Gasteiger partial charge in [0.1, 0.15) is 0 Å². The first-order chi connectivity index (χ1) is 9.44. The van der Waals surface area contributed by atoms with Crippen molar-refractivity contribution in [3.05, 3.63) is 33.8 Å². The second kappa shape index (κ2) is 6.68. The number of rotatable bonds is 4. The number of benzene rings is 1. The monoisotopic (exact) mass is 313 g/mol. The minimum atomic E-state index is 0.308. The third-order valence-electron chi connectivity index (χ3n) is 4.66. The molecular formula is C17H25Cl2N. The molecule has 2 rings (SSSR count). The number of nitrogens with one attached hydrogen (secondary N) is 1. The van der Waals surface area contributed by atoms with Gasteiger partial charge in [-0.3, -0.25) is 0 Å². The highest BCUT2D eigenvalue weighted by Gasteiger charge is 2.33. The van der Waals surface area contributed by atoms with Gasteiger partial charge in [0.05, 0.1) is 0 Å². The van der Waals surface area contributed by atoms with Gasteiger partial charge in [0.15, 0.2) is 0 Å². The third-order valence-corrected chi connectivity index (χ3v) is 5.22. The van der Waals surface area contributed by atoms with E-state index in [0.29, 0.717) is 22.5 Å². The van der Waals surface area contributed by atoms with Crippen LogP contribution in [0.5, 0.6) is 0 Å². The molecule has 0 heterocycles. The van der Waals surface area contributed by atoms with Gasteiger partial charge >= 0.3 is 0 Å². The lowest BCUT2D eigenvalue weighted by molar-refractivity contribution is 0.154. The summed E-state index contributed by atoms with van der Waals surface area (Å²) >= 11 is 12.4. The fourth-order valence-corrected chi connectivity index (χ4v) is 3.80. The predicted molar refractivity (Wildman–Crippen MR) is 88.7 cm³/mol. The molecule has 112 valence electrons. The van der Waals surface area contributed by atoms with Gasteiger partial charge in [-0.05, 0) is 42.4 Å². The first kappa shape index (κ1) is 16.1. The van der Waals surface area contributed by atoms with Crippen LogP contribution in [0, 0.1) is 5.41 Å².